The molecule has 1 aromatic carbocycles. The molecule has 150 valence electrons. The first-order valence-electron chi connectivity index (χ1n) is 9.67. The fourth-order valence-electron chi connectivity index (χ4n) is 3.74. The minimum absolute atomic E-state index is 0.110. The van der Waals surface area contributed by atoms with Gasteiger partial charge in [-0.25, -0.2) is 0 Å². The van der Waals surface area contributed by atoms with E-state index in [1.54, 1.807) is 6.82 Å². The SMILES string of the molecule is C=C1C[C@H](C[C@@H]2CCO[C@H](c3cccc(CCl)c3)O2)O[C@@H](CCOB=[P+]=S)C1. The normalized spacial score (nSPS) is 28.0. The van der Waals surface area contributed by atoms with Gasteiger partial charge in [0.2, 0.25) is 0 Å². The van der Waals surface area contributed by atoms with Crippen LogP contribution in [-0.2, 0) is 36.6 Å². The third-order valence-electron chi connectivity index (χ3n) is 5.02. The van der Waals surface area contributed by atoms with Crippen LogP contribution in [-0.4, -0.2) is 38.3 Å². The zero-order valence-corrected chi connectivity index (χ0v) is 18.4. The quantitative estimate of drug-likeness (QED) is 0.186. The number of alkyl halides is 1. The van der Waals surface area contributed by atoms with Gasteiger partial charge in [0.25, 0.3) is 0 Å². The molecule has 2 aliphatic heterocycles. The monoisotopic (exact) mass is 439 g/mol. The van der Waals surface area contributed by atoms with Crippen molar-refractivity contribution in [3.63, 3.8) is 0 Å². The number of hydrogen-bond donors (Lipinski definition) is 0. The van der Waals surface area contributed by atoms with E-state index in [1.807, 2.05) is 24.3 Å². The second kappa shape index (κ2) is 11.9. The van der Waals surface area contributed by atoms with Crippen LogP contribution in [0.15, 0.2) is 36.4 Å². The van der Waals surface area contributed by atoms with Crippen LogP contribution in [0.1, 0.15) is 49.5 Å². The minimum atomic E-state index is -0.342. The molecule has 4 nitrogen and oxygen atoms in total. The van der Waals surface area contributed by atoms with E-state index >= 15 is 0 Å². The molecule has 28 heavy (non-hydrogen) atoms. The van der Waals surface area contributed by atoms with Crippen LogP contribution in [0.4, 0.5) is 0 Å². The summed E-state index contributed by atoms with van der Waals surface area (Å²) in [5.41, 5.74) is 3.33. The van der Waals surface area contributed by atoms with Gasteiger partial charge < -0.3 is 0 Å². The van der Waals surface area contributed by atoms with Gasteiger partial charge in [-0.15, -0.1) is 11.6 Å². The number of halogens is 1. The van der Waals surface area contributed by atoms with Gasteiger partial charge in [-0.05, 0) is 5.56 Å². The van der Waals surface area contributed by atoms with E-state index < -0.39 is 0 Å². The van der Waals surface area contributed by atoms with Crippen molar-refractivity contribution < 1.29 is 18.9 Å². The summed E-state index contributed by atoms with van der Waals surface area (Å²) < 4.78 is 23.8. The number of benzene rings is 1. The molecule has 1 aromatic rings. The average molecular weight is 440 g/mol. The van der Waals surface area contributed by atoms with Crippen molar-refractivity contribution in [2.24, 2.45) is 0 Å². The van der Waals surface area contributed by atoms with Crippen LogP contribution in [0.3, 0.4) is 0 Å². The van der Waals surface area contributed by atoms with E-state index in [9.17, 15) is 0 Å². The molecule has 2 heterocycles. The number of ether oxygens (including phenoxy) is 3. The van der Waals surface area contributed by atoms with Crippen LogP contribution in [0.25, 0.3) is 0 Å². The average Bonchev–Trinajstić information content (AvgIpc) is 2.71. The standard InChI is InChI=1S/C20H26BClO4PS/c1-14-9-17(6-8-24-21-27-28)25-19(10-14)12-18-5-7-23-20(26-18)16-4-2-3-15(11-16)13-22/h2-4,11,17-20H,1,5-10,12-13H2/q+1/t17-,18-,19+,20-/m0/s1. The predicted molar refractivity (Wildman–Crippen MR) is 116 cm³/mol. The maximum atomic E-state index is 6.30. The Bertz CT molecular complexity index is 715. The molecule has 4 atom stereocenters. The summed E-state index contributed by atoms with van der Waals surface area (Å²) in [6.07, 6.45) is 4.41. The molecule has 0 bridgehead atoms. The first-order valence-corrected chi connectivity index (χ1v) is 12.2. The predicted octanol–water partition coefficient (Wildman–Crippen LogP) is 5.07. The number of hydrogen-bond acceptors (Lipinski definition) is 5. The molecule has 0 saturated carbocycles. The molecule has 0 unspecified atom stereocenters. The fraction of sp³-hybridized carbons (Fsp3) is 0.600. The summed E-state index contributed by atoms with van der Waals surface area (Å²) in [7, 11) is 0. The van der Waals surface area contributed by atoms with Crippen molar-refractivity contribution in [3.8, 4) is 0 Å². The molecule has 3 rings (SSSR count). The molecule has 0 radical (unpaired) electrons. The van der Waals surface area contributed by atoms with Gasteiger partial charge in [-0.1, -0.05) is 12.1 Å². The molecule has 0 spiro atoms. The van der Waals surface area contributed by atoms with Crippen molar-refractivity contribution in [3.05, 3.63) is 47.5 Å². The summed E-state index contributed by atoms with van der Waals surface area (Å²) >= 11 is 10.8. The van der Waals surface area contributed by atoms with Crippen LogP contribution < -0.4 is 0 Å². The van der Waals surface area contributed by atoms with Gasteiger partial charge in [-0.3, -0.25) is 0 Å². The summed E-state index contributed by atoms with van der Waals surface area (Å²) in [6, 6.07) is 8.08. The molecule has 0 amide bonds. The Morgan fingerprint density at radius 1 is 1.25 bits per heavy atom. The summed E-state index contributed by atoms with van der Waals surface area (Å²) in [6.45, 7) is 7.88. The van der Waals surface area contributed by atoms with Gasteiger partial charge >= 0.3 is 144 Å². The van der Waals surface area contributed by atoms with Crippen LogP contribution in [0.5, 0.6) is 0 Å². The van der Waals surface area contributed by atoms with Gasteiger partial charge in [-0.2, -0.15) is 0 Å². The Labute approximate surface area is 179 Å². The first-order chi connectivity index (χ1) is 13.7. The Morgan fingerprint density at radius 3 is 2.93 bits per heavy atom. The van der Waals surface area contributed by atoms with Crippen molar-refractivity contribution in [1.29, 1.82) is 0 Å². The number of rotatable bonds is 8. The van der Waals surface area contributed by atoms with E-state index in [-0.39, 0.29) is 24.6 Å². The van der Waals surface area contributed by atoms with Crippen molar-refractivity contribution in [1.82, 2.24) is 0 Å². The van der Waals surface area contributed by atoms with Gasteiger partial charge in [0.05, 0.1) is 0 Å². The van der Waals surface area contributed by atoms with Crippen molar-refractivity contribution in [2.45, 2.75) is 62.6 Å². The van der Waals surface area contributed by atoms with Crippen molar-refractivity contribution >= 4 is 37.1 Å². The third kappa shape index (κ3) is 6.95. The first kappa shape index (κ1) is 22.5. The van der Waals surface area contributed by atoms with Crippen LogP contribution >= 0.6 is 18.4 Å². The Hall–Kier alpha value is -0.195. The van der Waals surface area contributed by atoms with E-state index in [0.717, 1.165) is 50.1 Å². The fourth-order valence-corrected chi connectivity index (χ4v) is 4.26. The van der Waals surface area contributed by atoms with Crippen molar-refractivity contribution in [2.75, 3.05) is 13.2 Å². The molecule has 0 N–H and O–H groups in total. The molecule has 2 aliphatic rings. The zero-order chi connectivity index (χ0) is 19.8. The summed E-state index contributed by atoms with van der Waals surface area (Å²) in [4.78, 5) is 0. The van der Waals surface area contributed by atoms with Gasteiger partial charge in [0.1, 0.15) is 0 Å². The molecule has 0 aromatic heterocycles. The molecule has 8 heteroatoms. The van der Waals surface area contributed by atoms with E-state index in [1.165, 1.54) is 5.57 Å². The van der Waals surface area contributed by atoms with Gasteiger partial charge in [0, 0.05) is 5.88 Å². The van der Waals surface area contributed by atoms with E-state index in [2.05, 4.69) is 6.58 Å². The second-order valence-electron chi connectivity index (χ2n) is 7.27. The Morgan fingerprint density at radius 2 is 2.11 bits per heavy atom. The molecular formula is C20H26BClO4PS+. The molecule has 0 aliphatic carbocycles. The second-order valence-corrected chi connectivity index (χ2v) is 8.59. The van der Waals surface area contributed by atoms with E-state index in [0.29, 0.717) is 19.1 Å². The molecule has 2 saturated heterocycles. The topological polar surface area (TPSA) is 36.9 Å². The van der Waals surface area contributed by atoms with Gasteiger partial charge in [0.15, 0.2) is 0 Å². The van der Waals surface area contributed by atoms with Crippen LogP contribution in [0.2, 0.25) is 0 Å². The maximum absolute atomic E-state index is 6.30. The van der Waals surface area contributed by atoms with Crippen LogP contribution in [0, 0.1) is 0 Å². The third-order valence-corrected chi connectivity index (χ3v) is 5.82. The summed E-state index contributed by atoms with van der Waals surface area (Å²) in [5, 5.41) is 0. The zero-order valence-electron chi connectivity index (χ0n) is 15.9. The van der Waals surface area contributed by atoms with E-state index in [4.69, 9.17) is 42.3 Å². The Kier molecular flexibility index (Phi) is 9.52. The molecule has 2 fully saturated rings. The Balaban J connectivity index is 1.53. The summed E-state index contributed by atoms with van der Waals surface area (Å²) in [5.74, 6) is 0.483. The molecular weight excluding hydrogens is 414 g/mol.